The standard InChI is InChI=1S/C28H36F3N5O4/c1-5-39-25(40-6-2)17-35-12-10-18(11-13-35)21-15-36-16-22(19(27(3,4)38)14-24(36)33-21)34-26(37)20-8-7-9-23(32-20)28(29,30)31/h7-9,14-16,18,25,38H,5-6,10-13,17H2,1-4H3,(H,34,37). The fraction of sp³-hybridized carbons (Fsp3) is 0.536. The third-order valence-electron chi connectivity index (χ3n) is 6.91. The highest BCUT2D eigenvalue weighted by atomic mass is 19.4. The molecular weight excluding hydrogens is 527 g/mol. The summed E-state index contributed by atoms with van der Waals surface area (Å²) in [6, 6.07) is 4.83. The number of nitrogens with one attached hydrogen (secondary N) is 1. The van der Waals surface area contributed by atoms with Crippen molar-refractivity contribution >= 4 is 17.2 Å². The molecule has 4 heterocycles. The molecule has 0 spiro atoms. The molecule has 1 aliphatic rings. The summed E-state index contributed by atoms with van der Waals surface area (Å²) in [4.78, 5) is 23.5. The summed E-state index contributed by atoms with van der Waals surface area (Å²) < 4.78 is 52.4. The van der Waals surface area contributed by atoms with Gasteiger partial charge in [-0.15, -0.1) is 0 Å². The van der Waals surface area contributed by atoms with Gasteiger partial charge in [0.05, 0.1) is 17.0 Å². The van der Waals surface area contributed by atoms with Gasteiger partial charge in [0.25, 0.3) is 5.91 Å². The minimum absolute atomic E-state index is 0.228. The first-order valence-electron chi connectivity index (χ1n) is 13.5. The van der Waals surface area contributed by atoms with Crippen molar-refractivity contribution in [2.45, 2.75) is 64.5 Å². The second-order valence-corrected chi connectivity index (χ2v) is 10.4. The smallest absolute Gasteiger partial charge is 0.386 e. The minimum Gasteiger partial charge on any atom is -0.386 e. The largest absolute Gasteiger partial charge is 0.433 e. The lowest BCUT2D eigenvalue weighted by Crippen LogP contribution is -2.40. The second-order valence-electron chi connectivity index (χ2n) is 10.4. The van der Waals surface area contributed by atoms with E-state index in [0.717, 1.165) is 43.8 Å². The van der Waals surface area contributed by atoms with E-state index in [9.17, 15) is 23.1 Å². The van der Waals surface area contributed by atoms with Crippen LogP contribution < -0.4 is 5.32 Å². The Morgan fingerprint density at radius 1 is 1.12 bits per heavy atom. The number of aromatic nitrogens is 3. The predicted octanol–water partition coefficient (Wildman–Crippen LogP) is 4.81. The number of alkyl halides is 3. The number of nitrogens with zero attached hydrogens (tertiary/aromatic N) is 4. The topological polar surface area (TPSA) is 101 Å². The quantitative estimate of drug-likeness (QED) is 0.342. The maximum atomic E-state index is 13.1. The number of amides is 1. The number of ether oxygens (including phenoxy) is 2. The normalized spacial score (nSPS) is 15.7. The average Bonchev–Trinajstić information content (AvgIpc) is 3.31. The minimum atomic E-state index is -4.68. The van der Waals surface area contributed by atoms with Gasteiger partial charge in [-0.3, -0.25) is 9.69 Å². The number of likely N-dealkylation sites (tertiary alicyclic amines) is 1. The molecule has 2 N–H and O–H groups in total. The molecule has 0 aromatic carbocycles. The van der Waals surface area contributed by atoms with Crippen LogP contribution in [0.1, 0.15) is 73.9 Å². The van der Waals surface area contributed by atoms with Crippen LogP contribution in [-0.4, -0.2) is 69.4 Å². The molecule has 0 saturated carbocycles. The Bertz CT molecular complexity index is 1310. The number of imidazole rings is 1. The molecular formula is C28H36F3N5O4. The van der Waals surface area contributed by atoms with Gasteiger partial charge in [0.2, 0.25) is 0 Å². The molecule has 4 rings (SSSR count). The SMILES string of the molecule is CCOC(CN1CCC(c2cn3cc(NC(=O)c4cccc(C(F)(F)F)n4)c(C(C)(C)O)cc3n2)CC1)OCC. The van der Waals surface area contributed by atoms with Crippen molar-refractivity contribution in [1.82, 2.24) is 19.3 Å². The third kappa shape index (κ3) is 7.17. The zero-order valence-corrected chi connectivity index (χ0v) is 23.2. The van der Waals surface area contributed by atoms with Crippen molar-refractivity contribution in [1.29, 1.82) is 0 Å². The number of carbonyl (C=O) groups excluding carboxylic acids is 1. The first-order valence-corrected chi connectivity index (χ1v) is 13.5. The van der Waals surface area contributed by atoms with Crippen LogP contribution >= 0.6 is 0 Å². The van der Waals surface area contributed by atoms with Gasteiger partial charge in [0.1, 0.15) is 17.0 Å². The van der Waals surface area contributed by atoms with Crippen LogP contribution in [0.5, 0.6) is 0 Å². The van der Waals surface area contributed by atoms with Gasteiger partial charge in [-0.05, 0) is 71.8 Å². The Morgan fingerprint density at radius 2 is 1.80 bits per heavy atom. The van der Waals surface area contributed by atoms with Crippen molar-refractivity contribution in [2.24, 2.45) is 0 Å². The van der Waals surface area contributed by atoms with E-state index in [2.05, 4.69) is 15.2 Å². The van der Waals surface area contributed by atoms with Crippen molar-refractivity contribution in [2.75, 3.05) is 38.2 Å². The Labute approximate surface area is 231 Å². The predicted molar refractivity (Wildman–Crippen MR) is 143 cm³/mol. The summed E-state index contributed by atoms with van der Waals surface area (Å²) >= 11 is 0. The molecule has 0 unspecified atom stereocenters. The summed E-state index contributed by atoms with van der Waals surface area (Å²) in [6.07, 6.45) is 0.391. The molecule has 3 aromatic rings. The lowest BCUT2D eigenvalue weighted by Gasteiger charge is -2.33. The third-order valence-corrected chi connectivity index (χ3v) is 6.91. The number of pyridine rings is 2. The van der Waals surface area contributed by atoms with Crippen molar-refractivity contribution in [3.8, 4) is 0 Å². The summed E-state index contributed by atoms with van der Waals surface area (Å²) in [6.45, 7) is 10.7. The average molecular weight is 564 g/mol. The Kier molecular flexibility index (Phi) is 9.13. The van der Waals surface area contributed by atoms with E-state index in [1.165, 1.54) is 6.07 Å². The van der Waals surface area contributed by atoms with Gasteiger partial charge in [0.15, 0.2) is 6.29 Å². The summed E-state index contributed by atoms with van der Waals surface area (Å²) in [7, 11) is 0. The molecule has 0 bridgehead atoms. The zero-order valence-electron chi connectivity index (χ0n) is 23.2. The van der Waals surface area contributed by atoms with Gasteiger partial charge in [-0.25, -0.2) is 9.97 Å². The molecule has 1 aliphatic heterocycles. The van der Waals surface area contributed by atoms with Gasteiger partial charge >= 0.3 is 6.18 Å². The number of carbonyl (C=O) groups is 1. The van der Waals surface area contributed by atoms with Crippen LogP contribution in [0.25, 0.3) is 5.65 Å². The maximum Gasteiger partial charge on any atom is 0.433 e. The second kappa shape index (κ2) is 12.2. The summed E-state index contributed by atoms with van der Waals surface area (Å²) in [5.41, 5.74) is -0.777. The van der Waals surface area contributed by atoms with Gasteiger partial charge in [-0.1, -0.05) is 6.07 Å². The van der Waals surface area contributed by atoms with E-state index >= 15 is 0 Å². The van der Waals surface area contributed by atoms with Crippen LogP contribution in [0.3, 0.4) is 0 Å². The molecule has 1 fully saturated rings. The molecule has 12 heteroatoms. The summed E-state index contributed by atoms with van der Waals surface area (Å²) in [5, 5.41) is 13.4. The summed E-state index contributed by atoms with van der Waals surface area (Å²) in [5.74, 6) is -0.590. The molecule has 3 aromatic heterocycles. The molecule has 0 radical (unpaired) electrons. The van der Waals surface area contributed by atoms with E-state index in [0.29, 0.717) is 31.0 Å². The molecule has 40 heavy (non-hydrogen) atoms. The van der Waals surface area contributed by atoms with Crippen molar-refractivity contribution < 1.29 is 32.5 Å². The Hall–Kier alpha value is -3.06. The van der Waals surface area contributed by atoms with E-state index < -0.39 is 23.4 Å². The van der Waals surface area contributed by atoms with Crippen molar-refractivity contribution in [3.63, 3.8) is 0 Å². The maximum absolute atomic E-state index is 13.1. The number of rotatable bonds is 10. The number of hydrogen-bond acceptors (Lipinski definition) is 7. The number of piperidine rings is 1. The number of hydrogen-bond donors (Lipinski definition) is 2. The van der Waals surface area contributed by atoms with E-state index in [1.807, 2.05) is 20.0 Å². The fourth-order valence-electron chi connectivity index (χ4n) is 4.91. The Morgan fingerprint density at radius 3 is 2.40 bits per heavy atom. The van der Waals surface area contributed by atoms with Crippen LogP contribution in [0.2, 0.25) is 0 Å². The monoisotopic (exact) mass is 563 g/mol. The van der Waals surface area contributed by atoms with Crippen LogP contribution in [0, 0.1) is 0 Å². The van der Waals surface area contributed by atoms with Crippen LogP contribution in [-0.2, 0) is 21.3 Å². The number of aliphatic hydroxyl groups is 1. The first kappa shape index (κ1) is 29.9. The number of halogens is 3. The number of fused-ring (bicyclic) bond motifs is 1. The Balaban J connectivity index is 1.53. The highest BCUT2D eigenvalue weighted by molar-refractivity contribution is 6.03. The van der Waals surface area contributed by atoms with Crippen LogP contribution in [0.4, 0.5) is 18.9 Å². The van der Waals surface area contributed by atoms with Crippen molar-refractivity contribution in [3.05, 3.63) is 59.3 Å². The lowest BCUT2D eigenvalue weighted by atomic mass is 9.94. The van der Waals surface area contributed by atoms with E-state index in [1.54, 1.807) is 30.5 Å². The molecule has 218 valence electrons. The molecule has 9 nitrogen and oxygen atoms in total. The number of anilines is 1. The lowest BCUT2D eigenvalue weighted by molar-refractivity contribution is -0.148. The molecule has 1 saturated heterocycles. The fourth-order valence-corrected chi connectivity index (χ4v) is 4.91. The first-order chi connectivity index (χ1) is 18.9. The zero-order chi connectivity index (χ0) is 29.1. The van der Waals surface area contributed by atoms with E-state index in [4.69, 9.17) is 14.5 Å². The molecule has 1 amide bonds. The highest BCUT2D eigenvalue weighted by Crippen LogP contribution is 2.33. The van der Waals surface area contributed by atoms with Gasteiger partial charge in [-0.2, -0.15) is 13.2 Å². The molecule has 0 atom stereocenters. The van der Waals surface area contributed by atoms with Gasteiger partial charge < -0.3 is 24.3 Å². The molecule has 0 aliphatic carbocycles. The van der Waals surface area contributed by atoms with Gasteiger partial charge in [0, 0.05) is 43.6 Å². The highest BCUT2D eigenvalue weighted by Gasteiger charge is 2.33. The van der Waals surface area contributed by atoms with E-state index in [-0.39, 0.29) is 23.6 Å². The van der Waals surface area contributed by atoms with Crippen LogP contribution in [0.15, 0.2) is 36.7 Å².